The van der Waals surface area contributed by atoms with Crippen molar-refractivity contribution >= 4 is 17.8 Å². The van der Waals surface area contributed by atoms with E-state index in [1.54, 1.807) is 6.21 Å². The minimum absolute atomic E-state index is 0.301. The summed E-state index contributed by atoms with van der Waals surface area (Å²) < 4.78 is 5.28. The Balaban J connectivity index is 1.96. The number of amides is 1. The summed E-state index contributed by atoms with van der Waals surface area (Å²) >= 11 is 0. The third-order valence-corrected chi connectivity index (χ3v) is 3.99. The van der Waals surface area contributed by atoms with Gasteiger partial charge in [-0.05, 0) is 37.1 Å². The summed E-state index contributed by atoms with van der Waals surface area (Å²) in [6.45, 7) is 6.20. The van der Waals surface area contributed by atoms with Crippen molar-refractivity contribution in [3.05, 3.63) is 65.7 Å². The third-order valence-electron chi connectivity index (χ3n) is 3.99. The lowest BCUT2D eigenvalue weighted by Crippen LogP contribution is -2.26. The molecule has 1 amide bonds. The summed E-state index contributed by atoms with van der Waals surface area (Å²) in [5, 5.41) is 4.03. The lowest BCUT2D eigenvalue weighted by molar-refractivity contribution is -0.131. The predicted molar refractivity (Wildman–Crippen MR) is 102 cm³/mol. The largest absolute Gasteiger partial charge is 0.372 e. The number of hydrazone groups is 1. The Bertz CT molecular complexity index is 680. The topological polar surface area (TPSA) is 53.9 Å². The van der Waals surface area contributed by atoms with Crippen LogP contribution in [0.2, 0.25) is 0 Å². The van der Waals surface area contributed by atoms with Crippen molar-refractivity contribution < 1.29 is 9.53 Å². The van der Waals surface area contributed by atoms with Gasteiger partial charge in [-0.25, -0.2) is 5.43 Å². The summed E-state index contributed by atoms with van der Waals surface area (Å²) in [6, 6.07) is 17.4. The quantitative estimate of drug-likeness (QED) is 0.592. The molecule has 0 aromatic heterocycles. The monoisotopic (exact) mass is 339 g/mol. The van der Waals surface area contributed by atoms with E-state index in [4.69, 9.17) is 4.74 Å². The van der Waals surface area contributed by atoms with Crippen LogP contribution in [0.4, 0.5) is 5.69 Å². The second-order valence-corrected chi connectivity index (χ2v) is 5.52. The van der Waals surface area contributed by atoms with E-state index in [0.717, 1.165) is 24.2 Å². The molecule has 0 radical (unpaired) electrons. The molecule has 0 aliphatic carbocycles. The first kappa shape index (κ1) is 18.7. The molecule has 0 saturated carbocycles. The molecule has 0 heterocycles. The van der Waals surface area contributed by atoms with Crippen LogP contribution >= 0.6 is 0 Å². The molecular formula is C20H25N3O2. The highest BCUT2D eigenvalue weighted by atomic mass is 16.5. The molecule has 0 spiro atoms. The number of carbonyl (C=O) groups excluding carboxylic acids is 1. The summed E-state index contributed by atoms with van der Waals surface area (Å²) in [5.41, 5.74) is 5.43. The van der Waals surface area contributed by atoms with Gasteiger partial charge in [-0.2, -0.15) is 5.10 Å². The Kier molecular flexibility index (Phi) is 7.16. The van der Waals surface area contributed by atoms with Gasteiger partial charge >= 0.3 is 0 Å². The lowest BCUT2D eigenvalue weighted by Gasteiger charge is -2.20. The fourth-order valence-electron chi connectivity index (χ4n) is 2.61. The van der Waals surface area contributed by atoms with Crippen LogP contribution < -0.4 is 10.3 Å². The molecule has 0 bridgehead atoms. The van der Waals surface area contributed by atoms with Crippen LogP contribution in [0.25, 0.3) is 0 Å². The van der Waals surface area contributed by atoms with Gasteiger partial charge in [-0.15, -0.1) is 0 Å². The minimum Gasteiger partial charge on any atom is -0.372 e. The highest BCUT2D eigenvalue weighted by Gasteiger charge is 2.18. The Hall–Kier alpha value is -2.66. The summed E-state index contributed by atoms with van der Waals surface area (Å²) in [7, 11) is 1.51. The van der Waals surface area contributed by atoms with Gasteiger partial charge in [0, 0.05) is 25.9 Å². The van der Waals surface area contributed by atoms with Gasteiger partial charge in [-0.1, -0.05) is 42.5 Å². The van der Waals surface area contributed by atoms with Crippen molar-refractivity contribution in [2.24, 2.45) is 5.10 Å². The fraction of sp³-hybridized carbons (Fsp3) is 0.300. The number of hydrogen-bond donors (Lipinski definition) is 1. The van der Waals surface area contributed by atoms with E-state index in [-0.39, 0.29) is 5.91 Å². The predicted octanol–water partition coefficient (Wildman–Crippen LogP) is 3.37. The van der Waals surface area contributed by atoms with Crippen molar-refractivity contribution in [3.63, 3.8) is 0 Å². The van der Waals surface area contributed by atoms with E-state index in [0.29, 0.717) is 0 Å². The Labute approximate surface area is 149 Å². The Morgan fingerprint density at radius 1 is 1.12 bits per heavy atom. The van der Waals surface area contributed by atoms with Gasteiger partial charge in [0.15, 0.2) is 6.10 Å². The molecule has 0 fully saturated rings. The fourth-order valence-corrected chi connectivity index (χ4v) is 2.61. The number of rotatable bonds is 8. The first-order valence-electron chi connectivity index (χ1n) is 8.45. The second kappa shape index (κ2) is 9.59. The molecule has 2 aromatic rings. The summed E-state index contributed by atoms with van der Waals surface area (Å²) in [5.74, 6) is -0.301. The maximum absolute atomic E-state index is 12.2. The molecular weight excluding hydrogens is 314 g/mol. The average molecular weight is 339 g/mol. The van der Waals surface area contributed by atoms with Crippen molar-refractivity contribution in [3.8, 4) is 0 Å². The zero-order valence-corrected chi connectivity index (χ0v) is 15.0. The molecule has 1 N–H and O–H groups in total. The van der Waals surface area contributed by atoms with Gasteiger partial charge in [0.25, 0.3) is 5.91 Å². The standard InChI is InChI=1S/C20H25N3O2/c1-4-23(5-2)18-13-11-16(12-14-18)15-21-22-20(24)19(25-3)17-9-7-6-8-10-17/h6-15,19H,4-5H2,1-3H3,(H,22,24)/b21-15-/t19-/m0/s1. The molecule has 0 aliphatic rings. The molecule has 5 heteroatoms. The Morgan fingerprint density at radius 3 is 2.32 bits per heavy atom. The number of carbonyl (C=O) groups is 1. The maximum Gasteiger partial charge on any atom is 0.273 e. The molecule has 132 valence electrons. The molecule has 2 aromatic carbocycles. The Morgan fingerprint density at radius 2 is 1.76 bits per heavy atom. The van der Waals surface area contributed by atoms with E-state index in [9.17, 15) is 4.79 Å². The molecule has 0 unspecified atom stereocenters. The molecule has 25 heavy (non-hydrogen) atoms. The highest BCUT2D eigenvalue weighted by molar-refractivity contribution is 5.85. The van der Waals surface area contributed by atoms with E-state index < -0.39 is 6.10 Å². The minimum atomic E-state index is -0.677. The van der Waals surface area contributed by atoms with Crippen molar-refractivity contribution in [2.75, 3.05) is 25.1 Å². The number of anilines is 1. The molecule has 1 atom stereocenters. The SMILES string of the molecule is CCN(CC)c1ccc(/C=N\NC(=O)[C@@H](OC)c2ccccc2)cc1. The van der Waals surface area contributed by atoms with Crippen LogP contribution in [-0.4, -0.2) is 32.3 Å². The number of nitrogens with one attached hydrogen (secondary N) is 1. The first-order valence-corrected chi connectivity index (χ1v) is 8.45. The number of nitrogens with zero attached hydrogens (tertiary/aromatic N) is 2. The van der Waals surface area contributed by atoms with Crippen LogP contribution in [0, 0.1) is 0 Å². The van der Waals surface area contributed by atoms with Crippen LogP contribution in [0.15, 0.2) is 59.7 Å². The van der Waals surface area contributed by atoms with Crippen LogP contribution in [-0.2, 0) is 9.53 Å². The van der Waals surface area contributed by atoms with Crippen molar-refractivity contribution in [1.29, 1.82) is 0 Å². The van der Waals surface area contributed by atoms with Crippen LogP contribution in [0.1, 0.15) is 31.1 Å². The first-order chi connectivity index (χ1) is 12.2. The number of ether oxygens (including phenoxy) is 1. The van der Waals surface area contributed by atoms with Gasteiger partial charge < -0.3 is 9.64 Å². The molecule has 2 rings (SSSR count). The highest BCUT2D eigenvalue weighted by Crippen LogP contribution is 2.16. The maximum atomic E-state index is 12.2. The van der Waals surface area contributed by atoms with Crippen LogP contribution in [0.5, 0.6) is 0 Å². The summed E-state index contributed by atoms with van der Waals surface area (Å²) in [6.07, 6.45) is 0.949. The molecule has 0 saturated heterocycles. The van der Waals surface area contributed by atoms with Crippen LogP contribution in [0.3, 0.4) is 0 Å². The smallest absolute Gasteiger partial charge is 0.273 e. The van der Waals surface area contributed by atoms with E-state index >= 15 is 0 Å². The van der Waals surface area contributed by atoms with Crippen molar-refractivity contribution in [2.45, 2.75) is 20.0 Å². The lowest BCUT2D eigenvalue weighted by atomic mass is 10.1. The molecule has 0 aliphatic heterocycles. The van der Waals surface area contributed by atoms with Gasteiger partial charge in [0.1, 0.15) is 0 Å². The zero-order chi connectivity index (χ0) is 18.1. The summed E-state index contributed by atoms with van der Waals surface area (Å²) in [4.78, 5) is 14.5. The van der Waals surface area contributed by atoms with E-state index in [2.05, 4.69) is 41.4 Å². The zero-order valence-electron chi connectivity index (χ0n) is 15.0. The normalized spacial score (nSPS) is 12.1. The second-order valence-electron chi connectivity index (χ2n) is 5.52. The average Bonchev–Trinajstić information content (AvgIpc) is 2.65. The number of methoxy groups -OCH3 is 1. The molecule has 5 nitrogen and oxygen atoms in total. The number of hydrogen-bond acceptors (Lipinski definition) is 4. The van der Waals surface area contributed by atoms with E-state index in [1.165, 1.54) is 12.8 Å². The third kappa shape index (κ3) is 5.16. The van der Waals surface area contributed by atoms with Crippen molar-refractivity contribution in [1.82, 2.24) is 5.43 Å². The van der Waals surface area contributed by atoms with Gasteiger partial charge in [0.2, 0.25) is 0 Å². The number of benzene rings is 2. The van der Waals surface area contributed by atoms with Gasteiger partial charge in [-0.3, -0.25) is 4.79 Å². The van der Waals surface area contributed by atoms with E-state index in [1.807, 2.05) is 42.5 Å². The van der Waals surface area contributed by atoms with Gasteiger partial charge in [0.05, 0.1) is 6.21 Å².